The average molecular weight is 285 g/mol. The summed E-state index contributed by atoms with van der Waals surface area (Å²) in [4.78, 5) is 11.5. The molecule has 1 atom stereocenters. The first-order chi connectivity index (χ1) is 8.97. The smallest absolute Gasteiger partial charge is 0.328 e. The molecule has 0 spiro atoms. The lowest BCUT2D eigenvalue weighted by molar-refractivity contribution is -0.143. The summed E-state index contributed by atoms with van der Waals surface area (Å²) in [6.45, 7) is 0. The predicted molar refractivity (Wildman–Crippen MR) is 76.0 cm³/mol. The van der Waals surface area contributed by atoms with Crippen molar-refractivity contribution in [2.75, 3.05) is 26.2 Å². The number of hydrogen-bond acceptors (Lipinski definition) is 5. The summed E-state index contributed by atoms with van der Waals surface area (Å²) in [5.74, 6) is 0.642. The number of carbonyl (C=O) groups is 1. The highest BCUT2D eigenvalue weighted by Crippen LogP contribution is 2.31. The first kappa shape index (κ1) is 15.7. The van der Waals surface area contributed by atoms with Crippen LogP contribution >= 0.6 is 11.8 Å². The van der Waals surface area contributed by atoms with Crippen LogP contribution in [0.5, 0.6) is 11.5 Å². The number of rotatable bonds is 7. The number of methoxy groups -OCH3 is 2. The monoisotopic (exact) mass is 285 g/mol. The Balaban J connectivity index is 3.25. The number of aliphatic carboxylic acids is 1. The molecule has 0 saturated heterocycles. The Hall–Kier alpha value is -1.40. The molecule has 1 rings (SSSR count). The van der Waals surface area contributed by atoms with Crippen molar-refractivity contribution >= 4 is 17.7 Å². The molecule has 1 unspecified atom stereocenters. The minimum absolute atomic E-state index is 0.333. The summed E-state index contributed by atoms with van der Waals surface area (Å²) in [6, 6.07) is 4.95. The van der Waals surface area contributed by atoms with E-state index in [1.165, 1.54) is 14.2 Å². The quantitative estimate of drug-likeness (QED) is 0.793. The van der Waals surface area contributed by atoms with E-state index in [9.17, 15) is 9.90 Å². The number of nitrogens with two attached hydrogens (primary N) is 1. The lowest BCUT2D eigenvalue weighted by Crippen LogP contribution is -2.45. The molecule has 0 aliphatic carbocycles. The Morgan fingerprint density at radius 2 is 1.84 bits per heavy atom. The fraction of sp³-hybridized carbons (Fsp3) is 0.462. The third kappa shape index (κ3) is 3.54. The zero-order chi connectivity index (χ0) is 14.5. The van der Waals surface area contributed by atoms with Gasteiger partial charge >= 0.3 is 5.97 Å². The maximum atomic E-state index is 11.5. The van der Waals surface area contributed by atoms with Crippen molar-refractivity contribution in [3.05, 3.63) is 23.8 Å². The molecule has 19 heavy (non-hydrogen) atoms. The minimum atomic E-state index is -1.44. The SMILES string of the molecule is COc1cc(OC)cc(C(N)(CCSC)C(=O)O)c1. The summed E-state index contributed by atoms with van der Waals surface area (Å²) in [7, 11) is 3.03. The predicted octanol–water partition coefficient (Wildman–Crippen LogP) is 1.70. The second-order valence-electron chi connectivity index (χ2n) is 4.12. The first-order valence-electron chi connectivity index (χ1n) is 5.72. The Bertz CT molecular complexity index is 430. The molecule has 6 heteroatoms. The van der Waals surface area contributed by atoms with Crippen LogP contribution in [-0.2, 0) is 10.3 Å². The van der Waals surface area contributed by atoms with E-state index in [0.717, 1.165) is 0 Å². The molecule has 1 aromatic carbocycles. The van der Waals surface area contributed by atoms with E-state index in [1.807, 2.05) is 6.26 Å². The fourth-order valence-electron chi connectivity index (χ4n) is 1.70. The standard InChI is InChI=1S/C13H19NO4S/c1-17-10-6-9(7-11(8-10)18-2)13(14,12(15)16)4-5-19-3/h6-8H,4-5,14H2,1-3H3,(H,15,16). The van der Waals surface area contributed by atoms with Crippen LogP contribution in [0.3, 0.4) is 0 Å². The zero-order valence-corrected chi connectivity index (χ0v) is 12.1. The van der Waals surface area contributed by atoms with Crippen molar-refractivity contribution in [3.63, 3.8) is 0 Å². The molecular weight excluding hydrogens is 266 g/mol. The third-order valence-electron chi connectivity index (χ3n) is 2.95. The van der Waals surface area contributed by atoms with Crippen LogP contribution in [0, 0.1) is 0 Å². The normalized spacial score (nSPS) is 13.7. The third-order valence-corrected chi connectivity index (χ3v) is 3.56. The van der Waals surface area contributed by atoms with E-state index in [1.54, 1.807) is 30.0 Å². The highest BCUT2D eigenvalue weighted by Gasteiger charge is 2.36. The van der Waals surface area contributed by atoms with Gasteiger partial charge in [-0.05, 0) is 36.1 Å². The van der Waals surface area contributed by atoms with Gasteiger partial charge in [0, 0.05) is 6.07 Å². The molecule has 1 aromatic rings. The Morgan fingerprint density at radius 1 is 1.32 bits per heavy atom. The molecule has 0 aliphatic rings. The maximum Gasteiger partial charge on any atom is 0.328 e. The molecule has 0 amide bonds. The molecule has 0 aliphatic heterocycles. The second-order valence-corrected chi connectivity index (χ2v) is 5.11. The lowest BCUT2D eigenvalue weighted by Gasteiger charge is -2.25. The molecule has 0 radical (unpaired) electrons. The van der Waals surface area contributed by atoms with E-state index in [0.29, 0.717) is 29.2 Å². The number of carboxylic acids is 1. The van der Waals surface area contributed by atoms with Gasteiger partial charge < -0.3 is 20.3 Å². The van der Waals surface area contributed by atoms with Gasteiger partial charge in [0.1, 0.15) is 17.0 Å². The summed E-state index contributed by atoms with van der Waals surface area (Å²) in [5, 5.41) is 9.42. The van der Waals surface area contributed by atoms with Gasteiger partial charge in [-0.15, -0.1) is 0 Å². The van der Waals surface area contributed by atoms with Crippen molar-refractivity contribution in [3.8, 4) is 11.5 Å². The first-order valence-corrected chi connectivity index (χ1v) is 7.12. The molecule has 106 valence electrons. The van der Waals surface area contributed by atoms with Crippen molar-refractivity contribution in [2.24, 2.45) is 5.73 Å². The summed E-state index contributed by atoms with van der Waals surface area (Å²) < 4.78 is 10.3. The van der Waals surface area contributed by atoms with Gasteiger partial charge in [-0.3, -0.25) is 0 Å². The van der Waals surface area contributed by atoms with Gasteiger partial charge in [-0.25, -0.2) is 4.79 Å². The van der Waals surface area contributed by atoms with Gasteiger partial charge in [0.25, 0.3) is 0 Å². The van der Waals surface area contributed by atoms with Crippen molar-refractivity contribution in [2.45, 2.75) is 12.0 Å². The molecule has 3 N–H and O–H groups in total. The highest BCUT2D eigenvalue weighted by atomic mass is 32.2. The lowest BCUT2D eigenvalue weighted by atomic mass is 9.88. The van der Waals surface area contributed by atoms with E-state index < -0.39 is 11.5 Å². The van der Waals surface area contributed by atoms with E-state index in [-0.39, 0.29) is 0 Å². The molecule has 0 saturated carbocycles. The fourth-order valence-corrected chi connectivity index (χ4v) is 2.23. The zero-order valence-electron chi connectivity index (χ0n) is 11.3. The maximum absolute atomic E-state index is 11.5. The highest BCUT2D eigenvalue weighted by molar-refractivity contribution is 7.98. The molecular formula is C13H19NO4S. The van der Waals surface area contributed by atoms with Gasteiger partial charge in [0.2, 0.25) is 0 Å². The van der Waals surface area contributed by atoms with Crippen molar-refractivity contribution in [1.29, 1.82) is 0 Å². The van der Waals surface area contributed by atoms with Crippen LogP contribution in [0.1, 0.15) is 12.0 Å². The van der Waals surface area contributed by atoms with Gasteiger partial charge in [0.05, 0.1) is 14.2 Å². The number of ether oxygens (including phenoxy) is 2. The van der Waals surface area contributed by atoms with Gasteiger partial charge in [-0.2, -0.15) is 11.8 Å². The van der Waals surface area contributed by atoms with Crippen LogP contribution in [0.15, 0.2) is 18.2 Å². The molecule has 5 nitrogen and oxygen atoms in total. The summed E-state index contributed by atoms with van der Waals surface area (Å²) in [6.07, 6.45) is 2.24. The van der Waals surface area contributed by atoms with Gasteiger partial charge in [-0.1, -0.05) is 0 Å². The van der Waals surface area contributed by atoms with E-state index in [2.05, 4.69) is 0 Å². The van der Waals surface area contributed by atoms with Crippen LogP contribution in [0.25, 0.3) is 0 Å². The van der Waals surface area contributed by atoms with Crippen LogP contribution in [0.4, 0.5) is 0 Å². The van der Waals surface area contributed by atoms with Crippen LogP contribution in [-0.4, -0.2) is 37.3 Å². The molecule has 0 heterocycles. The average Bonchev–Trinajstić information content (AvgIpc) is 2.43. The molecule has 0 aromatic heterocycles. The molecule has 0 fully saturated rings. The largest absolute Gasteiger partial charge is 0.497 e. The number of benzene rings is 1. The number of thioether (sulfide) groups is 1. The second kappa shape index (κ2) is 6.68. The molecule has 0 bridgehead atoms. The topological polar surface area (TPSA) is 81.8 Å². The summed E-state index contributed by atoms with van der Waals surface area (Å²) >= 11 is 1.55. The van der Waals surface area contributed by atoms with Crippen molar-refractivity contribution < 1.29 is 19.4 Å². The number of hydrogen-bond donors (Lipinski definition) is 2. The Labute approximate surface area is 117 Å². The van der Waals surface area contributed by atoms with E-state index in [4.69, 9.17) is 15.2 Å². The number of carboxylic acid groups (broad SMARTS) is 1. The van der Waals surface area contributed by atoms with Gasteiger partial charge in [0.15, 0.2) is 0 Å². The van der Waals surface area contributed by atoms with Crippen molar-refractivity contribution in [1.82, 2.24) is 0 Å². The Kier molecular flexibility index (Phi) is 5.50. The van der Waals surface area contributed by atoms with E-state index >= 15 is 0 Å². The minimum Gasteiger partial charge on any atom is -0.497 e. The Morgan fingerprint density at radius 3 is 2.21 bits per heavy atom. The summed E-state index contributed by atoms with van der Waals surface area (Å²) in [5.41, 5.74) is 5.11. The van der Waals surface area contributed by atoms with Crippen LogP contribution < -0.4 is 15.2 Å². The van der Waals surface area contributed by atoms with Crippen LogP contribution in [0.2, 0.25) is 0 Å².